The van der Waals surface area contributed by atoms with Gasteiger partial charge in [-0.3, -0.25) is 0 Å². The van der Waals surface area contributed by atoms with Crippen molar-refractivity contribution in [1.82, 2.24) is 10.2 Å². The number of amides is 2. The first-order chi connectivity index (χ1) is 12.1. The van der Waals surface area contributed by atoms with E-state index in [9.17, 15) is 9.18 Å². The van der Waals surface area contributed by atoms with Gasteiger partial charge in [-0.1, -0.05) is 29.8 Å². The first kappa shape index (κ1) is 17.5. The molecule has 0 aliphatic carbocycles. The van der Waals surface area contributed by atoms with Crippen molar-refractivity contribution in [3.63, 3.8) is 0 Å². The van der Waals surface area contributed by atoms with Gasteiger partial charge in [0.05, 0.1) is 0 Å². The fourth-order valence-corrected chi connectivity index (χ4v) is 3.14. The average Bonchev–Trinajstić information content (AvgIpc) is 2.62. The molecule has 1 aliphatic heterocycles. The van der Waals surface area contributed by atoms with Crippen molar-refractivity contribution in [3.05, 3.63) is 64.9 Å². The molecule has 4 nitrogen and oxygen atoms in total. The van der Waals surface area contributed by atoms with Crippen LogP contribution >= 0.6 is 11.6 Å². The van der Waals surface area contributed by atoms with Gasteiger partial charge in [-0.2, -0.15) is 0 Å². The number of rotatable bonds is 4. The molecule has 0 atom stereocenters. The van der Waals surface area contributed by atoms with Crippen LogP contribution < -0.4 is 10.2 Å². The summed E-state index contributed by atoms with van der Waals surface area (Å²) in [6, 6.07) is 14.1. The molecule has 3 rings (SSSR count). The number of benzene rings is 2. The van der Waals surface area contributed by atoms with Crippen LogP contribution in [0.2, 0.25) is 5.02 Å². The summed E-state index contributed by atoms with van der Waals surface area (Å²) in [5.74, 6) is -0.249. The summed E-state index contributed by atoms with van der Waals surface area (Å²) in [7, 11) is 0. The van der Waals surface area contributed by atoms with E-state index < -0.39 is 0 Å². The molecule has 2 amide bonds. The molecule has 132 valence electrons. The monoisotopic (exact) mass is 361 g/mol. The Morgan fingerprint density at radius 1 is 1.08 bits per heavy atom. The van der Waals surface area contributed by atoms with E-state index in [0.717, 1.165) is 29.4 Å². The molecule has 0 aromatic heterocycles. The van der Waals surface area contributed by atoms with Crippen LogP contribution in [0.15, 0.2) is 48.5 Å². The van der Waals surface area contributed by atoms with Gasteiger partial charge in [0.25, 0.3) is 0 Å². The van der Waals surface area contributed by atoms with Gasteiger partial charge in [0, 0.05) is 43.4 Å². The van der Waals surface area contributed by atoms with E-state index in [2.05, 4.69) is 10.2 Å². The van der Waals surface area contributed by atoms with E-state index in [1.807, 2.05) is 35.2 Å². The Morgan fingerprint density at radius 3 is 2.56 bits per heavy atom. The predicted molar refractivity (Wildman–Crippen MR) is 98.7 cm³/mol. The number of urea groups is 1. The van der Waals surface area contributed by atoms with Crippen LogP contribution in [0.5, 0.6) is 0 Å². The number of carbonyl (C=O) groups is 1. The van der Waals surface area contributed by atoms with Crippen LogP contribution in [0.4, 0.5) is 14.9 Å². The Balaban J connectivity index is 1.44. The molecule has 1 N–H and O–H groups in total. The summed E-state index contributed by atoms with van der Waals surface area (Å²) >= 11 is 6.04. The second-order valence-electron chi connectivity index (χ2n) is 6.07. The Bertz CT molecular complexity index is 732. The van der Waals surface area contributed by atoms with Crippen LogP contribution in [0.3, 0.4) is 0 Å². The zero-order chi connectivity index (χ0) is 17.6. The summed E-state index contributed by atoms with van der Waals surface area (Å²) in [5, 5.41) is 3.63. The summed E-state index contributed by atoms with van der Waals surface area (Å²) in [6.45, 7) is 3.38. The molecule has 2 aromatic rings. The summed E-state index contributed by atoms with van der Waals surface area (Å²) in [4.78, 5) is 16.3. The molecule has 0 bridgehead atoms. The Hall–Kier alpha value is -2.27. The van der Waals surface area contributed by atoms with Gasteiger partial charge in [-0.15, -0.1) is 0 Å². The standard InChI is InChI=1S/C19H21ClFN3O/c20-16-4-2-6-18(14-16)23-9-11-24(12-10-23)19(25)22-8-7-15-3-1-5-17(21)13-15/h1-6,13-14H,7-12H2,(H,22,25). The number of nitrogens with one attached hydrogen (secondary N) is 1. The number of anilines is 1. The molecule has 0 spiro atoms. The lowest BCUT2D eigenvalue weighted by Gasteiger charge is -2.36. The highest BCUT2D eigenvalue weighted by molar-refractivity contribution is 6.30. The molecule has 1 aliphatic rings. The summed E-state index contributed by atoms with van der Waals surface area (Å²) < 4.78 is 13.1. The van der Waals surface area contributed by atoms with Crippen LogP contribution in [-0.4, -0.2) is 43.7 Å². The third-order valence-electron chi connectivity index (χ3n) is 4.32. The van der Waals surface area contributed by atoms with E-state index in [-0.39, 0.29) is 11.8 Å². The van der Waals surface area contributed by atoms with Crippen LogP contribution in [0.1, 0.15) is 5.56 Å². The summed E-state index contributed by atoms with van der Waals surface area (Å²) in [5.41, 5.74) is 1.96. The number of hydrogen-bond acceptors (Lipinski definition) is 2. The largest absolute Gasteiger partial charge is 0.368 e. The average molecular weight is 362 g/mol. The van der Waals surface area contributed by atoms with Crippen molar-refractivity contribution >= 4 is 23.3 Å². The van der Waals surface area contributed by atoms with Gasteiger partial charge in [-0.25, -0.2) is 9.18 Å². The van der Waals surface area contributed by atoms with E-state index in [1.165, 1.54) is 12.1 Å². The third kappa shape index (κ3) is 4.86. The molecular formula is C19H21ClFN3O. The lowest BCUT2D eigenvalue weighted by atomic mass is 10.1. The molecule has 0 unspecified atom stereocenters. The molecule has 1 fully saturated rings. The Labute approximate surface area is 152 Å². The topological polar surface area (TPSA) is 35.6 Å². The molecule has 0 saturated carbocycles. The third-order valence-corrected chi connectivity index (χ3v) is 4.55. The number of carbonyl (C=O) groups excluding carboxylic acids is 1. The Kier molecular flexibility index (Phi) is 5.76. The van der Waals surface area contributed by atoms with E-state index in [0.29, 0.717) is 26.1 Å². The molecular weight excluding hydrogens is 341 g/mol. The predicted octanol–water partition coefficient (Wildman–Crippen LogP) is 3.55. The van der Waals surface area contributed by atoms with Crippen molar-refractivity contribution in [2.45, 2.75) is 6.42 Å². The number of nitrogens with zero attached hydrogens (tertiary/aromatic N) is 2. The minimum Gasteiger partial charge on any atom is -0.368 e. The van der Waals surface area contributed by atoms with E-state index in [4.69, 9.17) is 11.6 Å². The SMILES string of the molecule is O=C(NCCc1cccc(F)c1)N1CCN(c2cccc(Cl)c2)CC1. The number of hydrogen-bond donors (Lipinski definition) is 1. The highest BCUT2D eigenvalue weighted by atomic mass is 35.5. The van der Waals surface area contributed by atoms with Gasteiger partial charge in [0.15, 0.2) is 0 Å². The van der Waals surface area contributed by atoms with Gasteiger partial charge in [0.1, 0.15) is 5.82 Å². The van der Waals surface area contributed by atoms with Crippen LogP contribution in [0.25, 0.3) is 0 Å². The van der Waals surface area contributed by atoms with Crippen molar-refractivity contribution in [3.8, 4) is 0 Å². The smallest absolute Gasteiger partial charge is 0.317 e. The normalized spacial score (nSPS) is 14.5. The highest BCUT2D eigenvalue weighted by Gasteiger charge is 2.21. The van der Waals surface area contributed by atoms with Crippen molar-refractivity contribution in [2.24, 2.45) is 0 Å². The second-order valence-corrected chi connectivity index (χ2v) is 6.50. The molecule has 1 saturated heterocycles. The molecule has 0 radical (unpaired) electrons. The van der Waals surface area contributed by atoms with Crippen LogP contribution in [-0.2, 0) is 6.42 Å². The van der Waals surface area contributed by atoms with Crippen molar-refractivity contribution < 1.29 is 9.18 Å². The lowest BCUT2D eigenvalue weighted by Crippen LogP contribution is -2.52. The molecule has 1 heterocycles. The van der Waals surface area contributed by atoms with E-state index >= 15 is 0 Å². The maximum Gasteiger partial charge on any atom is 0.317 e. The molecule has 6 heteroatoms. The van der Waals surface area contributed by atoms with Crippen molar-refractivity contribution in [2.75, 3.05) is 37.6 Å². The maximum atomic E-state index is 13.1. The molecule has 25 heavy (non-hydrogen) atoms. The van der Waals surface area contributed by atoms with Gasteiger partial charge >= 0.3 is 6.03 Å². The first-order valence-corrected chi connectivity index (χ1v) is 8.77. The van der Waals surface area contributed by atoms with Gasteiger partial charge in [0.2, 0.25) is 0 Å². The van der Waals surface area contributed by atoms with E-state index in [1.54, 1.807) is 6.07 Å². The zero-order valence-electron chi connectivity index (χ0n) is 13.9. The fraction of sp³-hybridized carbons (Fsp3) is 0.316. The first-order valence-electron chi connectivity index (χ1n) is 8.39. The molecule has 2 aromatic carbocycles. The zero-order valence-corrected chi connectivity index (χ0v) is 14.7. The minimum absolute atomic E-state index is 0.0675. The lowest BCUT2D eigenvalue weighted by molar-refractivity contribution is 0.194. The number of piperazine rings is 1. The maximum absolute atomic E-state index is 13.1. The van der Waals surface area contributed by atoms with Crippen molar-refractivity contribution in [1.29, 1.82) is 0 Å². The minimum atomic E-state index is -0.249. The van der Waals surface area contributed by atoms with Gasteiger partial charge < -0.3 is 15.1 Å². The highest BCUT2D eigenvalue weighted by Crippen LogP contribution is 2.20. The summed E-state index contributed by atoms with van der Waals surface area (Å²) in [6.07, 6.45) is 0.617. The quantitative estimate of drug-likeness (QED) is 0.903. The van der Waals surface area contributed by atoms with Crippen LogP contribution in [0, 0.1) is 5.82 Å². The fourth-order valence-electron chi connectivity index (χ4n) is 2.96. The number of halogens is 2. The van der Waals surface area contributed by atoms with Gasteiger partial charge in [-0.05, 0) is 42.3 Å². The Morgan fingerprint density at radius 2 is 1.84 bits per heavy atom. The second kappa shape index (κ2) is 8.21.